The van der Waals surface area contributed by atoms with Gasteiger partial charge in [0, 0.05) is 13.0 Å². The van der Waals surface area contributed by atoms with Crippen LogP contribution in [-0.4, -0.2) is 48.1 Å². The molecule has 1 saturated heterocycles. The van der Waals surface area contributed by atoms with E-state index >= 15 is 0 Å². The Hall–Kier alpha value is -1.10. The first-order valence-electron chi connectivity index (χ1n) is 6.32. The van der Waals surface area contributed by atoms with Gasteiger partial charge in [-0.15, -0.1) is 0 Å². The lowest BCUT2D eigenvalue weighted by Crippen LogP contribution is -2.41. The predicted octanol–water partition coefficient (Wildman–Crippen LogP) is 0.699. The number of carboxylic acids is 1. The van der Waals surface area contributed by atoms with Gasteiger partial charge in [0.15, 0.2) is 0 Å². The summed E-state index contributed by atoms with van der Waals surface area (Å²) in [5.74, 6) is -0.366. The molecule has 0 aromatic carbocycles. The monoisotopic (exact) mass is 242 g/mol. The molecule has 1 fully saturated rings. The second kappa shape index (κ2) is 7.27. The van der Waals surface area contributed by atoms with Gasteiger partial charge in [-0.25, -0.2) is 0 Å². The van der Waals surface area contributed by atoms with Crippen molar-refractivity contribution in [3.05, 3.63) is 0 Å². The van der Waals surface area contributed by atoms with Gasteiger partial charge in [0.05, 0.1) is 6.54 Å². The SMILES string of the molecule is CCCNC(=O)CN1CCC(CC(=O)O)CC1. The van der Waals surface area contributed by atoms with E-state index in [1.807, 2.05) is 6.92 Å². The molecule has 5 nitrogen and oxygen atoms in total. The molecule has 0 spiro atoms. The third-order valence-electron chi connectivity index (χ3n) is 3.11. The molecule has 1 aliphatic heterocycles. The van der Waals surface area contributed by atoms with E-state index in [1.54, 1.807) is 0 Å². The lowest BCUT2D eigenvalue weighted by atomic mass is 9.94. The van der Waals surface area contributed by atoms with Gasteiger partial charge >= 0.3 is 5.97 Å². The van der Waals surface area contributed by atoms with Crippen molar-refractivity contribution in [2.45, 2.75) is 32.6 Å². The first kappa shape index (κ1) is 14.0. The molecular formula is C12H22N2O3. The van der Waals surface area contributed by atoms with Gasteiger partial charge in [-0.2, -0.15) is 0 Å². The van der Waals surface area contributed by atoms with Gasteiger partial charge in [-0.1, -0.05) is 6.92 Å². The van der Waals surface area contributed by atoms with Crippen LogP contribution in [0, 0.1) is 5.92 Å². The van der Waals surface area contributed by atoms with Crippen LogP contribution in [-0.2, 0) is 9.59 Å². The minimum absolute atomic E-state index is 0.0727. The van der Waals surface area contributed by atoms with Gasteiger partial charge < -0.3 is 10.4 Å². The molecule has 0 unspecified atom stereocenters. The number of carbonyl (C=O) groups is 2. The molecule has 0 aliphatic carbocycles. The molecule has 1 heterocycles. The van der Waals surface area contributed by atoms with Crippen molar-refractivity contribution >= 4 is 11.9 Å². The number of likely N-dealkylation sites (tertiary alicyclic amines) is 1. The fourth-order valence-corrected chi connectivity index (χ4v) is 2.12. The Bertz CT molecular complexity index is 260. The molecule has 1 rings (SSSR count). The molecule has 0 saturated carbocycles. The van der Waals surface area contributed by atoms with E-state index in [1.165, 1.54) is 0 Å². The fraction of sp³-hybridized carbons (Fsp3) is 0.833. The molecule has 1 amide bonds. The zero-order valence-electron chi connectivity index (χ0n) is 10.4. The van der Waals surface area contributed by atoms with Crippen LogP contribution in [0.25, 0.3) is 0 Å². The topological polar surface area (TPSA) is 69.6 Å². The summed E-state index contributed by atoms with van der Waals surface area (Å²) in [5, 5.41) is 11.5. The van der Waals surface area contributed by atoms with Crippen molar-refractivity contribution in [3.8, 4) is 0 Å². The highest BCUT2D eigenvalue weighted by molar-refractivity contribution is 5.77. The van der Waals surface area contributed by atoms with Crippen molar-refractivity contribution in [1.29, 1.82) is 0 Å². The zero-order chi connectivity index (χ0) is 12.7. The molecule has 0 radical (unpaired) electrons. The Morgan fingerprint density at radius 3 is 2.53 bits per heavy atom. The maximum absolute atomic E-state index is 11.5. The average molecular weight is 242 g/mol. The molecular weight excluding hydrogens is 220 g/mol. The van der Waals surface area contributed by atoms with Crippen LogP contribution in [0.1, 0.15) is 32.6 Å². The third kappa shape index (κ3) is 5.68. The lowest BCUT2D eigenvalue weighted by Gasteiger charge is -2.30. The quantitative estimate of drug-likeness (QED) is 0.719. The van der Waals surface area contributed by atoms with Crippen LogP contribution < -0.4 is 5.32 Å². The van der Waals surface area contributed by atoms with Gasteiger partial charge in [0.25, 0.3) is 0 Å². The predicted molar refractivity (Wildman–Crippen MR) is 64.7 cm³/mol. The Kier molecular flexibility index (Phi) is 5.97. The van der Waals surface area contributed by atoms with Crippen molar-refractivity contribution in [2.75, 3.05) is 26.2 Å². The first-order valence-corrected chi connectivity index (χ1v) is 6.32. The normalized spacial score (nSPS) is 17.9. The highest BCUT2D eigenvalue weighted by atomic mass is 16.4. The zero-order valence-corrected chi connectivity index (χ0v) is 10.4. The van der Waals surface area contributed by atoms with Crippen molar-refractivity contribution in [3.63, 3.8) is 0 Å². The Balaban J connectivity index is 2.18. The molecule has 5 heteroatoms. The van der Waals surface area contributed by atoms with Gasteiger partial charge in [-0.3, -0.25) is 14.5 Å². The number of hydrogen-bond donors (Lipinski definition) is 2. The maximum atomic E-state index is 11.5. The summed E-state index contributed by atoms with van der Waals surface area (Å²) >= 11 is 0. The van der Waals surface area contributed by atoms with Crippen molar-refractivity contribution in [2.24, 2.45) is 5.92 Å². The van der Waals surface area contributed by atoms with E-state index in [9.17, 15) is 9.59 Å². The Labute approximate surface area is 102 Å². The number of rotatable bonds is 6. The standard InChI is InChI=1S/C12H22N2O3/c1-2-5-13-11(15)9-14-6-3-10(4-7-14)8-12(16)17/h10H,2-9H2,1H3,(H,13,15)(H,16,17). The van der Waals surface area contributed by atoms with Crippen LogP contribution in [0.5, 0.6) is 0 Å². The van der Waals surface area contributed by atoms with E-state index in [0.717, 1.165) is 38.9 Å². The minimum atomic E-state index is -0.718. The summed E-state index contributed by atoms with van der Waals surface area (Å²) in [5.41, 5.74) is 0. The summed E-state index contributed by atoms with van der Waals surface area (Å²) in [6.07, 6.45) is 2.98. The second-order valence-corrected chi connectivity index (χ2v) is 4.67. The summed E-state index contributed by atoms with van der Waals surface area (Å²) in [7, 11) is 0. The van der Waals surface area contributed by atoms with Crippen molar-refractivity contribution < 1.29 is 14.7 Å². The molecule has 17 heavy (non-hydrogen) atoms. The fourth-order valence-electron chi connectivity index (χ4n) is 2.12. The number of nitrogens with one attached hydrogen (secondary N) is 1. The van der Waals surface area contributed by atoms with E-state index in [0.29, 0.717) is 6.54 Å². The highest BCUT2D eigenvalue weighted by Gasteiger charge is 2.22. The second-order valence-electron chi connectivity index (χ2n) is 4.67. The molecule has 0 bridgehead atoms. The van der Waals surface area contributed by atoms with Crippen LogP contribution in [0.3, 0.4) is 0 Å². The lowest BCUT2D eigenvalue weighted by molar-refractivity contribution is -0.138. The number of carboxylic acid groups (broad SMARTS) is 1. The number of hydrogen-bond acceptors (Lipinski definition) is 3. The van der Waals surface area contributed by atoms with Gasteiger partial charge in [0.2, 0.25) is 5.91 Å². The summed E-state index contributed by atoms with van der Waals surface area (Å²) < 4.78 is 0. The average Bonchev–Trinajstić information content (AvgIpc) is 2.28. The number of aliphatic carboxylic acids is 1. The largest absolute Gasteiger partial charge is 0.481 e. The minimum Gasteiger partial charge on any atom is -0.481 e. The summed E-state index contributed by atoms with van der Waals surface area (Å²) in [6.45, 7) is 4.86. The Morgan fingerprint density at radius 1 is 1.35 bits per heavy atom. The van der Waals surface area contributed by atoms with E-state index in [-0.39, 0.29) is 18.2 Å². The number of amides is 1. The Morgan fingerprint density at radius 2 is 2.00 bits per heavy atom. The van der Waals surface area contributed by atoms with Gasteiger partial charge in [0.1, 0.15) is 0 Å². The molecule has 0 aromatic heterocycles. The maximum Gasteiger partial charge on any atom is 0.303 e. The van der Waals surface area contributed by atoms with E-state index < -0.39 is 5.97 Å². The number of nitrogens with zero attached hydrogens (tertiary/aromatic N) is 1. The number of piperidine rings is 1. The number of carbonyl (C=O) groups excluding carboxylic acids is 1. The smallest absolute Gasteiger partial charge is 0.303 e. The van der Waals surface area contributed by atoms with Crippen LogP contribution in [0.2, 0.25) is 0 Å². The van der Waals surface area contributed by atoms with Crippen LogP contribution in [0.4, 0.5) is 0 Å². The van der Waals surface area contributed by atoms with E-state index in [2.05, 4.69) is 10.2 Å². The molecule has 98 valence electrons. The molecule has 1 aliphatic rings. The molecule has 2 N–H and O–H groups in total. The van der Waals surface area contributed by atoms with Crippen molar-refractivity contribution in [1.82, 2.24) is 10.2 Å². The molecule has 0 atom stereocenters. The molecule has 0 aromatic rings. The summed E-state index contributed by atoms with van der Waals surface area (Å²) in [6, 6.07) is 0. The highest BCUT2D eigenvalue weighted by Crippen LogP contribution is 2.19. The van der Waals surface area contributed by atoms with Gasteiger partial charge in [-0.05, 0) is 38.3 Å². The van der Waals surface area contributed by atoms with E-state index in [4.69, 9.17) is 5.11 Å². The third-order valence-corrected chi connectivity index (χ3v) is 3.11. The summed E-state index contributed by atoms with van der Waals surface area (Å²) in [4.78, 5) is 24.2. The first-order chi connectivity index (χ1) is 8.11. The van der Waals surface area contributed by atoms with Crippen LogP contribution in [0.15, 0.2) is 0 Å². The van der Waals surface area contributed by atoms with Crippen LogP contribution >= 0.6 is 0 Å².